The lowest BCUT2D eigenvalue weighted by Gasteiger charge is -2.15. The molecule has 1 aromatic carbocycles. The number of carbonyl (C=O) groups is 1. The SMILES string of the molecule is CN(CCc1ccccc1C(=O)O)Cc1nnn(C)n1. The van der Waals surface area contributed by atoms with Gasteiger partial charge in [-0.3, -0.25) is 4.90 Å². The number of aryl methyl sites for hydroxylation is 1. The molecular weight excluding hydrogens is 258 g/mol. The maximum atomic E-state index is 11.1. The Morgan fingerprint density at radius 2 is 2.15 bits per heavy atom. The zero-order chi connectivity index (χ0) is 14.5. The number of carboxylic acids is 1. The van der Waals surface area contributed by atoms with Crippen LogP contribution in [-0.2, 0) is 20.0 Å². The molecule has 1 heterocycles. The van der Waals surface area contributed by atoms with Crippen molar-refractivity contribution < 1.29 is 9.90 Å². The maximum absolute atomic E-state index is 11.1. The van der Waals surface area contributed by atoms with Gasteiger partial charge in [-0.1, -0.05) is 18.2 Å². The number of tetrazole rings is 1. The van der Waals surface area contributed by atoms with Gasteiger partial charge in [-0.15, -0.1) is 10.2 Å². The summed E-state index contributed by atoms with van der Waals surface area (Å²) in [4.78, 5) is 14.6. The molecule has 0 unspecified atom stereocenters. The predicted octanol–water partition coefficient (Wildman–Crippen LogP) is 0.583. The highest BCUT2D eigenvalue weighted by Gasteiger charge is 2.10. The summed E-state index contributed by atoms with van der Waals surface area (Å²) < 4.78 is 0. The third-order valence-electron chi connectivity index (χ3n) is 2.97. The minimum absolute atomic E-state index is 0.360. The molecule has 1 aromatic heterocycles. The second kappa shape index (κ2) is 6.25. The summed E-state index contributed by atoms with van der Waals surface area (Å²) in [6.07, 6.45) is 0.666. The van der Waals surface area contributed by atoms with Crippen molar-refractivity contribution in [2.24, 2.45) is 7.05 Å². The molecule has 0 aliphatic carbocycles. The number of rotatable bonds is 6. The molecule has 7 nitrogen and oxygen atoms in total. The second-order valence-corrected chi connectivity index (χ2v) is 4.65. The summed E-state index contributed by atoms with van der Waals surface area (Å²) in [6, 6.07) is 7.06. The number of carboxylic acid groups (broad SMARTS) is 1. The van der Waals surface area contributed by atoms with Crippen LogP contribution in [0.2, 0.25) is 0 Å². The average Bonchev–Trinajstić information content (AvgIpc) is 2.82. The first-order valence-electron chi connectivity index (χ1n) is 6.29. The molecule has 0 bridgehead atoms. The van der Waals surface area contributed by atoms with Gasteiger partial charge in [0, 0.05) is 6.54 Å². The average molecular weight is 275 g/mol. The first-order chi connectivity index (χ1) is 9.56. The van der Waals surface area contributed by atoms with Crippen LogP contribution in [0.5, 0.6) is 0 Å². The van der Waals surface area contributed by atoms with Gasteiger partial charge in [0.25, 0.3) is 0 Å². The van der Waals surface area contributed by atoms with Gasteiger partial charge < -0.3 is 5.11 Å². The highest BCUT2D eigenvalue weighted by Crippen LogP contribution is 2.10. The number of nitrogens with zero attached hydrogens (tertiary/aromatic N) is 5. The van der Waals surface area contributed by atoms with Gasteiger partial charge >= 0.3 is 5.97 Å². The molecule has 2 aromatic rings. The van der Waals surface area contributed by atoms with Crippen LogP contribution in [0.25, 0.3) is 0 Å². The fourth-order valence-corrected chi connectivity index (χ4v) is 1.97. The Balaban J connectivity index is 1.93. The molecule has 0 atom stereocenters. The Hall–Kier alpha value is -2.28. The number of aromatic carboxylic acids is 1. The van der Waals surface area contributed by atoms with E-state index in [0.717, 1.165) is 12.1 Å². The van der Waals surface area contributed by atoms with E-state index in [-0.39, 0.29) is 0 Å². The van der Waals surface area contributed by atoms with Gasteiger partial charge in [-0.05, 0) is 30.3 Å². The zero-order valence-electron chi connectivity index (χ0n) is 11.5. The van der Waals surface area contributed by atoms with Crippen molar-refractivity contribution >= 4 is 5.97 Å². The molecule has 0 aliphatic rings. The molecule has 2 rings (SSSR count). The summed E-state index contributed by atoms with van der Waals surface area (Å²) in [5.74, 6) is -0.236. The lowest BCUT2D eigenvalue weighted by molar-refractivity contribution is 0.0695. The molecule has 0 saturated heterocycles. The van der Waals surface area contributed by atoms with Gasteiger partial charge in [-0.25, -0.2) is 4.79 Å². The first kappa shape index (κ1) is 14.1. The van der Waals surface area contributed by atoms with Crippen molar-refractivity contribution in [1.29, 1.82) is 0 Å². The Labute approximate surface area is 116 Å². The molecule has 106 valence electrons. The Morgan fingerprint density at radius 3 is 2.80 bits per heavy atom. The highest BCUT2D eigenvalue weighted by atomic mass is 16.4. The van der Waals surface area contributed by atoms with Gasteiger partial charge in [0.1, 0.15) is 0 Å². The molecule has 0 radical (unpaired) electrons. The molecule has 7 heteroatoms. The van der Waals surface area contributed by atoms with Crippen molar-refractivity contribution in [3.8, 4) is 0 Å². The largest absolute Gasteiger partial charge is 0.478 e. The highest BCUT2D eigenvalue weighted by molar-refractivity contribution is 5.89. The fraction of sp³-hybridized carbons (Fsp3) is 0.385. The molecular formula is C13H17N5O2. The number of likely N-dealkylation sites (N-methyl/N-ethyl adjacent to an activating group) is 1. The van der Waals surface area contributed by atoms with Crippen LogP contribution < -0.4 is 0 Å². The van der Waals surface area contributed by atoms with E-state index in [1.165, 1.54) is 4.80 Å². The van der Waals surface area contributed by atoms with E-state index in [1.807, 2.05) is 24.1 Å². The minimum atomic E-state index is -0.890. The van der Waals surface area contributed by atoms with E-state index < -0.39 is 5.97 Å². The Bertz CT molecular complexity index is 596. The maximum Gasteiger partial charge on any atom is 0.335 e. The van der Waals surface area contributed by atoms with Gasteiger partial charge in [0.05, 0.1) is 19.2 Å². The van der Waals surface area contributed by atoms with Gasteiger partial charge in [0.15, 0.2) is 5.82 Å². The van der Waals surface area contributed by atoms with Crippen molar-refractivity contribution in [3.63, 3.8) is 0 Å². The Kier molecular flexibility index (Phi) is 4.41. The summed E-state index contributed by atoms with van der Waals surface area (Å²) in [5, 5.41) is 20.9. The number of hydrogen-bond acceptors (Lipinski definition) is 5. The van der Waals surface area contributed by atoms with Crippen molar-refractivity contribution in [3.05, 3.63) is 41.2 Å². The fourth-order valence-electron chi connectivity index (χ4n) is 1.97. The van der Waals surface area contributed by atoms with Gasteiger partial charge in [0.2, 0.25) is 0 Å². The number of hydrogen-bond donors (Lipinski definition) is 1. The van der Waals surface area contributed by atoms with Crippen molar-refractivity contribution in [2.75, 3.05) is 13.6 Å². The summed E-state index contributed by atoms with van der Waals surface area (Å²) in [7, 11) is 3.67. The van der Waals surface area contributed by atoms with Crippen LogP contribution in [0.4, 0.5) is 0 Å². The second-order valence-electron chi connectivity index (χ2n) is 4.65. The number of aromatic nitrogens is 4. The minimum Gasteiger partial charge on any atom is -0.478 e. The quantitative estimate of drug-likeness (QED) is 0.830. The normalized spacial score (nSPS) is 10.9. The molecule has 0 spiro atoms. The third kappa shape index (κ3) is 3.61. The lowest BCUT2D eigenvalue weighted by atomic mass is 10.0. The van der Waals surface area contributed by atoms with E-state index in [1.54, 1.807) is 19.2 Å². The molecule has 1 N–H and O–H groups in total. The molecule has 20 heavy (non-hydrogen) atoms. The third-order valence-corrected chi connectivity index (χ3v) is 2.97. The van der Waals surface area contributed by atoms with Crippen molar-refractivity contribution in [1.82, 2.24) is 25.1 Å². The monoisotopic (exact) mass is 275 g/mol. The molecule has 0 saturated carbocycles. The van der Waals surface area contributed by atoms with E-state index in [9.17, 15) is 4.79 Å². The first-order valence-corrected chi connectivity index (χ1v) is 6.29. The smallest absolute Gasteiger partial charge is 0.335 e. The van der Waals surface area contributed by atoms with Gasteiger partial charge in [-0.2, -0.15) is 4.80 Å². The van der Waals surface area contributed by atoms with Crippen LogP contribution >= 0.6 is 0 Å². The van der Waals surface area contributed by atoms with Crippen LogP contribution in [0.1, 0.15) is 21.7 Å². The van der Waals surface area contributed by atoms with Crippen LogP contribution in [0.3, 0.4) is 0 Å². The topological polar surface area (TPSA) is 84.1 Å². The summed E-state index contributed by atoms with van der Waals surface area (Å²) in [5.41, 5.74) is 1.19. The Morgan fingerprint density at radius 1 is 1.40 bits per heavy atom. The van der Waals surface area contributed by atoms with E-state index >= 15 is 0 Å². The lowest BCUT2D eigenvalue weighted by Crippen LogP contribution is -2.22. The number of benzene rings is 1. The van der Waals surface area contributed by atoms with E-state index in [2.05, 4.69) is 15.4 Å². The summed E-state index contributed by atoms with van der Waals surface area (Å²) in [6.45, 7) is 1.31. The van der Waals surface area contributed by atoms with E-state index in [4.69, 9.17) is 5.11 Å². The molecule has 0 fully saturated rings. The standard InChI is InChI=1S/C13H17N5O2/c1-17(9-12-14-16-18(2)15-12)8-7-10-5-3-4-6-11(10)13(19)20/h3-6H,7-9H2,1-2H3,(H,19,20). The van der Waals surface area contributed by atoms with Crippen LogP contribution in [-0.4, -0.2) is 49.8 Å². The van der Waals surface area contributed by atoms with Crippen LogP contribution in [0, 0.1) is 0 Å². The zero-order valence-corrected chi connectivity index (χ0v) is 11.5. The molecule has 0 aliphatic heterocycles. The molecule has 0 amide bonds. The summed E-state index contributed by atoms with van der Waals surface area (Å²) >= 11 is 0. The predicted molar refractivity (Wildman–Crippen MR) is 72.2 cm³/mol. The van der Waals surface area contributed by atoms with Crippen molar-refractivity contribution in [2.45, 2.75) is 13.0 Å². The van der Waals surface area contributed by atoms with E-state index in [0.29, 0.717) is 24.4 Å². The van der Waals surface area contributed by atoms with Crippen LogP contribution in [0.15, 0.2) is 24.3 Å².